The van der Waals surface area contributed by atoms with E-state index < -0.39 is 32.8 Å². The maximum atomic E-state index is 14.3. The molecule has 0 aliphatic carbocycles. The number of hydrogen-bond acceptors (Lipinski definition) is 5. The number of ether oxygens (including phenoxy) is 2. The fraction of sp³-hybridized carbons (Fsp3) is 0.286. The third-order valence-electron chi connectivity index (χ3n) is 4.71. The van der Waals surface area contributed by atoms with Gasteiger partial charge in [-0.1, -0.05) is 18.2 Å². The number of carbonyl (C=O) groups is 1. The molecular weight excluding hydrogens is 397 g/mol. The highest BCUT2D eigenvalue weighted by Gasteiger charge is 2.37. The average molecular weight is 419 g/mol. The first-order valence-corrected chi connectivity index (χ1v) is 10.5. The number of esters is 1. The molecule has 6 nitrogen and oxygen atoms in total. The standard InChI is InChI=1S/C21H22FNO5S/c1-4-10-23-12-17(13-27-21(24)16-9-8-14(2)15(3)11-16)28-19-7-5-6-18(22)20(19)29(23,25)26/h4-9,11,17H,1,10,12-13H2,2-3H3. The van der Waals surface area contributed by atoms with Gasteiger partial charge in [0.2, 0.25) is 10.0 Å². The maximum Gasteiger partial charge on any atom is 0.338 e. The molecule has 8 heteroatoms. The Morgan fingerprint density at radius 2 is 2.07 bits per heavy atom. The first kappa shape index (κ1) is 21.0. The van der Waals surface area contributed by atoms with Crippen molar-refractivity contribution in [2.75, 3.05) is 19.7 Å². The lowest BCUT2D eigenvalue weighted by Crippen LogP contribution is -2.39. The number of sulfonamides is 1. The monoisotopic (exact) mass is 419 g/mol. The van der Waals surface area contributed by atoms with Gasteiger partial charge in [-0.2, -0.15) is 4.31 Å². The fourth-order valence-corrected chi connectivity index (χ4v) is 4.63. The van der Waals surface area contributed by atoms with Gasteiger partial charge < -0.3 is 9.47 Å². The molecule has 154 valence electrons. The third-order valence-corrected chi connectivity index (χ3v) is 6.60. The van der Waals surface area contributed by atoms with Crippen LogP contribution in [0, 0.1) is 19.7 Å². The molecule has 0 saturated carbocycles. The van der Waals surface area contributed by atoms with Gasteiger partial charge in [0, 0.05) is 6.54 Å². The second-order valence-corrected chi connectivity index (χ2v) is 8.69. The summed E-state index contributed by atoms with van der Waals surface area (Å²) in [4.78, 5) is 11.9. The Kier molecular flexibility index (Phi) is 6.04. The Morgan fingerprint density at radius 1 is 1.31 bits per heavy atom. The van der Waals surface area contributed by atoms with Crippen molar-refractivity contribution < 1.29 is 27.1 Å². The zero-order valence-electron chi connectivity index (χ0n) is 16.2. The Hall–Kier alpha value is -2.71. The molecule has 0 saturated heterocycles. The van der Waals surface area contributed by atoms with E-state index in [1.54, 1.807) is 12.1 Å². The normalized spacial score (nSPS) is 18.2. The molecule has 0 bridgehead atoms. The zero-order valence-corrected chi connectivity index (χ0v) is 17.0. The largest absolute Gasteiger partial charge is 0.484 e. The minimum Gasteiger partial charge on any atom is -0.484 e. The smallest absolute Gasteiger partial charge is 0.338 e. The predicted octanol–water partition coefficient (Wildman–Crippen LogP) is 3.24. The number of rotatable bonds is 5. The van der Waals surface area contributed by atoms with Gasteiger partial charge in [0.1, 0.15) is 24.3 Å². The second-order valence-electron chi connectivity index (χ2n) is 6.82. The van der Waals surface area contributed by atoms with Crippen LogP contribution in [0.25, 0.3) is 0 Å². The van der Waals surface area contributed by atoms with Gasteiger partial charge in [-0.25, -0.2) is 17.6 Å². The van der Waals surface area contributed by atoms with Gasteiger partial charge in [0.15, 0.2) is 4.90 Å². The Balaban J connectivity index is 1.83. The van der Waals surface area contributed by atoms with E-state index in [1.165, 1.54) is 18.2 Å². The molecule has 2 aromatic rings. The quantitative estimate of drug-likeness (QED) is 0.550. The van der Waals surface area contributed by atoms with Crippen molar-refractivity contribution in [1.29, 1.82) is 0 Å². The van der Waals surface area contributed by atoms with Crippen LogP contribution in [-0.4, -0.2) is 44.5 Å². The van der Waals surface area contributed by atoms with Crippen LogP contribution in [0.2, 0.25) is 0 Å². The molecule has 0 fully saturated rings. The van der Waals surface area contributed by atoms with E-state index in [0.29, 0.717) is 5.56 Å². The van der Waals surface area contributed by atoms with Crippen LogP contribution in [0.5, 0.6) is 5.75 Å². The van der Waals surface area contributed by atoms with Crippen molar-refractivity contribution in [2.24, 2.45) is 0 Å². The van der Waals surface area contributed by atoms with Crippen molar-refractivity contribution in [1.82, 2.24) is 4.31 Å². The van der Waals surface area contributed by atoms with Crippen LogP contribution in [0.3, 0.4) is 0 Å². The summed E-state index contributed by atoms with van der Waals surface area (Å²) in [7, 11) is -4.12. The molecule has 1 aliphatic heterocycles. The molecule has 0 aromatic heterocycles. The summed E-state index contributed by atoms with van der Waals surface area (Å²) >= 11 is 0. The molecule has 2 aromatic carbocycles. The van der Waals surface area contributed by atoms with Crippen LogP contribution >= 0.6 is 0 Å². The summed E-state index contributed by atoms with van der Waals surface area (Å²) in [6.45, 7) is 7.07. The molecule has 0 spiro atoms. The molecule has 0 amide bonds. The summed E-state index contributed by atoms with van der Waals surface area (Å²) < 4.78 is 52.1. The summed E-state index contributed by atoms with van der Waals surface area (Å²) in [6, 6.07) is 9.02. The van der Waals surface area contributed by atoms with Crippen molar-refractivity contribution in [2.45, 2.75) is 24.8 Å². The first-order chi connectivity index (χ1) is 13.7. The van der Waals surface area contributed by atoms with E-state index in [0.717, 1.165) is 21.5 Å². The molecule has 1 heterocycles. The summed E-state index contributed by atoms with van der Waals surface area (Å²) in [6.07, 6.45) is 0.602. The van der Waals surface area contributed by atoms with Gasteiger partial charge in [0.25, 0.3) is 0 Å². The average Bonchev–Trinajstić information content (AvgIpc) is 2.77. The predicted molar refractivity (Wildman–Crippen MR) is 106 cm³/mol. The molecule has 0 radical (unpaired) electrons. The van der Waals surface area contributed by atoms with Crippen LogP contribution in [0.15, 0.2) is 53.9 Å². The third kappa shape index (κ3) is 4.33. The van der Waals surface area contributed by atoms with Gasteiger partial charge >= 0.3 is 5.97 Å². The summed E-state index contributed by atoms with van der Waals surface area (Å²) in [5.74, 6) is -1.55. The highest BCUT2D eigenvalue weighted by Crippen LogP contribution is 2.33. The van der Waals surface area contributed by atoms with E-state index in [2.05, 4.69) is 6.58 Å². The SMILES string of the molecule is C=CCN1CC(COC(=O)c2ccc(C)c(C)c2)Oc2cccc(F)c2S1(=O)=O. The number of carbonyl (C=O) groups excluding carboxylic acids is 1. The number of fused-ring (bicyclic) bond motifs is 1. The van der Waals surface area contributed by atoms with E-state index in [4.69, 9.17) is 9.47 Å². The lowest BCUT2D eigenvalue weighted by atomic mass is 10.1. The van der Waals surface area contributed by atoms with Crippen molar-refractivity contribution in [3.05, 3.63) is 71.6 Å². The Labute approximate surface area is 169 Å². The maximum absolute atomic E-state index is 14.3. The summed E-state index contributed by atoms with van der Waals surface area (Å²) in [5.41, 5.74) is 2.40. The van der Waals surface area contributed by atoms with Gasteiger partial charge in [-0.15, -0.1) is 6.58 Å². The van der Waals surface area contributed by atoms with Crippen molar-refractivity contribution >= 4 is 16.0 Å². The lowest BCUT2D eigenvalue weighted by Gasteiger charge is -2.21. The van der Waals surface area contributed by atoms with Crippen LogP contribution in [0.1, 0.15) is 21.5 Å². The van der Waals surface area contributed by atoms with E-state index in [9.17, 15) is 17.6 Å². The van der Waals surface area contributed by atoms with Crippen molar-refractivity contribution in [3.63, 3.8) is 0 Å². The number of hydrogen-bond donors (Lipinski definition) is 0. The van der Waals surface area contributed by atoms with Crippen LogP contribution < -0.4 is 4.74 Å². The minimum absolute atomic E-state index is 0.0267. The number of aryl methyl sites for hydroxylation is 2. The topological polar surface area (TPSA) is 72.9 Å². The highest BCUT2D eigenvalue weighted by atomic mass is 32.2. The summed E-state index contributed by atoms with van der Waals surface area (Å²) in [5, 5.41) is 0. The first-order valence-electron chi connectivity index (χ1n) is 9.04. The fourth-order valence-electron chi connectivity index (χ4n) is 3.03. The molecule has 29 heavy (non-hydrogen) atoms. The van der Waals surface area contributed by atoms with Crippen LogP contribution in [-0.2, 0) is 14.8 Å². The molecule has 1 aliphatic rings. The highest BCUT2D eigenvalue weighted by molar-refractivity contribution is 7.89. The Bertz CT molecular complexity index is 1050. The van der Waals surface area contributed by atoms with Crippen molar-refractivity contribution in [3.8, 4) is 5.75 Å². The minimum atomic E-state index is -4.12. The van der Waals surface area contributed by atoms with Crippen LogP contribution in [0.4, 0.5) is 4.39 Å². The number of halogens is 1. The molecular formula is C21H22FNO5S. The molecule has 3 rings (SSSR count). The van der Waals surface area contributed by atoms with Gasteiger partial charge in [0.05, 0.1) is 12.1 Å². The van der Waals surface area contributed by atoms with E-state index in [1.807, 2.05) is 19.9 Å². The lowest BCUT2D eigenvalue weighted by molar-refractivity contribution is 0.0287. The Morgan fingerprint density at radius 3 is 2.76 bits per heavy atom. The second kappa shape index (κ2) is 8.34. The molecule has 1 unspecified atom stereocenters. The molecule has 0 N–H and O–H groups in total. The zero-order chi connectivity index (χ0) is 21.2. The van der Waals surface area contributed by atoms with E-state index >= 15 is 0 Å². The molecule has 1 atom stereocenters. The van der Waals surface area contributed by atoms with E-state index in [-0.39, 0.29) is 25.4 Å². The van der Waals surface area contributed by atoms with Gasteiger partial charge in [-0.3, -0.25) is 0 Å². The van der Waals surface area contributed by atoms with Gasteiger partial charge in [-0.05, 0) is 49.2 Å². The number of benzene rings is 2. The number of nitrogens with zero attached hydrogens (tertiary/aromatic N) is 1.